The first-order valence-electron chi connectivity index (χ1n) is 8.00. The molecule has 1 amide bonds. The van der Waals surface area contributed by atoms with Crippen molar-refractivity contribution in [3.05, 3.63) is 24.3 Å². The van der Waals surface area contributed by atoms with E-state index in [1.54, 1.807) is 0 Å². The number of H-pyrrole nitrogens is 1. The van der Waals surface area contributed by atoms with Crippen LogP contribution in [0.2, 0.25) is 0 Å². The van der Waals surface area contributed by atoms with Crippen molar-refractivity contribution in [2.24, 2.45) is 11.8 Å². The van der Waals surface area contributed by atoms with Gasteiger partial charge in [0.2, 0.25) is 5.91 Å². The minimum absolute atomic E-state index is 0.108. The van der Waals surface area contributed by atoms with Gasteiger partial charge < -0.3 is 10.3 Å². The number of carbonyl (C=O) groups is 1. The molecule has 0 bridgehead atoms. The van der Waals surface area contributed by atoms with Crippen molar-refractivity contribution in [1.29, 1.82) is 0 Å². The Morgan fingerprint density at radius 3 is 3.00 bits per heavy atom. The molecule has 1 fully saturated rings. The topological polar surface area (TPSA) is 57.8 Å². The minimum atomic E-state index is 0.108. The molecule has 0 spiro atoms. The zero-order valence-electron chi connectivity index (χ0n) is 13.1. The fourth-order valence-electron chi connectivity index (χ4n) is 3.17. The van der Waals surface area contributed by atoms with Crippen LogP contribution in [0.4, 0.5) is 0 Å². The molecule has 0 saturated heterocycles. The monoisotopic (exact) mass is 317 g/mol. The second-order valence-electron chi connectivity index (χ2n) is 6.29. The average Bonchev–Trinajstić information content (AvgIpc) is 2.93. The number of imidazole rings is 1. The summed E-state index contributed by atoms with van der Waals surface area (Å²) in [5.41, 5.74) is 1.96. The predicted octanol–water partition coefficient (Wildman–Crippen LogP) is 3.60. The molecule has 1 heterocycles. The van der Waals surface area contributed by atoms with E-state index in [4.69, 9.17) is 0 Å². The molecule has 0 aliphatic heterocycles. The maximum absolute atomic E-state index is 12.2. The number of rotatable bonds is 4. The number of aromatic nitrogens is 2. The fraction of sp³-hybridized carbons (Fsp3) is 0.529. The molecule has 1 aliphatic carbocycles. The number of fused-ring (bicyclic) bond motifs is 1. The van der Waals surface area contributed by atoms with Gasteiger partial charge in [-0.2, -0.15) is 0 Å². The third-order valence-corrected chi connectivity index (χ3v) is 5.63. The lowest BCUT2D eigenvalue weighted by Crippen LogP contribution is -2.44. The fourth-order valence-corrected chi connectivity index (χ4v) is 3.86. The number of carbonyl (C=O) groups excluding carboxylic acids is 1. The van der Waals surface area contributed by atoms with E-state index in [1.807, 2.05) is 24.3 Å². The van der Waals surface area contributed by atoms with Crippen molar-refractivity contribution in [2.75, 3.05) is 5.75 Å². The van der Waals surface area contributed by atoms with E-state index < -0.39 is 0 Å². The van der Waals surface area contributed by atoms with Crippen LogP contribution in [0.5, 0.6) is 0 Å². The Kier molecular flexibility index (Phi) is 4.71. The Morgan fingerprint density at radius 2 is 2.18 bits per heavy atom. The van der Waals surface area contributed by atoms with Gasteiger partial charge in [-0.05, 0) is 30.4 Å². The molecular formula is C17H23N3OS. The van der Waals surface area contributed by atoms with Crippen molar-refractivity contribution in [1.82, 2.24) is 15.3 Å². The first kappa shape index (κ1) is 15.4. The van der Waals surface area contributed by atoms with Crippen LogP contribution < -0.4 is 5.32 Å². The number of hydrogen-bond acceptors (Lipinski definition) is 3. The molecule has 1 aromatic carbocycles. The van der Waals surface area contributed by atoms with E-state index in [-0.39, 0.29) is 5.91 Å². The van der Waals surface area contributed by atoms with Crippen molar-refractivity contribution in [3.63, 3.8) is 0 Å². The summed E-state index contributed by atoms with van der Waals surface area (Å²) in [4.78, 5) is 19.9. The van der Waals surface area contributed by atoms with Crippen LogP contribution in [0.3, 0.4) is 0 Å². The van der Waals surface area contributed by atoms with E-state index in [0.717, 1.165) is 22.6 Å². The molecule has 3 atom stereocenters. The zero-order valence-corrected chi connectivity index (χ0v) is 14.0. The summed E-state index contributed by atoms with van der Waals surface area (Å²) in [7, 11) is 0. The summed E-state index contributed by atoms with van der Waals surface area (Å²) >= 11 is 1.47. The molecule has 118 valence electrons. The molecule has 0 radical (unpaired) electrons. The number of aromatic amines is 1. The highest BCUT2D eigenvalue weighted by Gasteiger charge is 2.28. The summed E-state index contributed by atoms with van der Waals surface area (Å²) in [5.74, 6) is 1.78. The molecule has 5 heteroatoms. The van der Waals surface area contributed by atoms with Gasteiger partial charge in [0.25, 0.3) is 0 Å². The smallest absolute Gasteiger partial charge is 0.230 e. The van der Waals surface area contributed by atoms with E-state index in [2.05, 4.69) is 29.1 Å². The van der Waals surface area contributed by atoms with E-state index in [9.17, 15) is 4.79 Å². The lowest BCUT2D eigenvalue weighted by atomic mass is 9.78. The molecule has 4 nitrogen and oxygen atoms in total. The van der Waals surface area contributed by atoms with Gasteiger partial charge in [-0.1, -0.05) is 50.6 Å². The van der Waals surface area contributed by atoms with Gasteiger partial charge in [0.1, 0.15) is 0 Å². The first-order valence-corrected chi connectivity index (χ1v) is 8.99. The van der Waals surface area contributed by atoms with Crippen LogP contribution >= 0.6 is 11.8 Å². The van der Waals surface area contributed by atoms with Crippen molar-refractivity contribution in [3.8, 4) is 0 Å². The second-order valence-corrected chi connectivity index (χ2v) is 7.25. The van der Waals surface area contributed by atoms with E-state index in [1.165, 1.54) is 24.6 Å². The number of nitrogens with one attached hydrogen (secondary N) is 2. The summed E-state index contributed by atoms with van der Waals surface area (Å²) in [5, 5.41) is 4.01. The Bertz CT molecular complexity index is 621. The van der Waals surface area contributed by atoms with Gasteiger partial charge in [-0.3, -0.25) is 4.79 Å². The highest BCUT2D eigenvalue weighted by Crippen LogP contribution is 2.29. The number of para-hydroxylation sites is 2. The Balaban J connectivity index is 1.53. The minimum Gasteiger partial charge on any atom is -0.352 e. The molecule has 2 N–H and O–H groups in total. The van der Waals surface area contributed by atoms with Crippen molar-refractivity contribution in [2.45, 2.75) is 44.3 Å². The molecule has 0 unspecified atom stereocenters. The molecular weight excluding hydrogens is 294 g/mol. The van der Waals surface area contributed by atoms with Crippen molar-refractivity contribution < 1.29 is 4.79 Å². The third-order valence-electron chi connectivity index (χ3n) is 4.76. The number of nitrogens with zero attached hydrogens (tertiary/aromatic N) is 1. The summed E-state index contributed by atoms with van der Waals surface area (Å²) in [6.45, 7) is 4.54. The van der Waals surface area contributed by atoms with Crippen LogP contribution in [0.25, 0.3) is 11.0 Å². The standard InChI is InChI=1S/C17H23N3OS/c1-11-6-5-9-13(12(11)2)18-16(21)10-22-17-19-14-7-3-4-8-15(14)20-17/h3-4,7-8,11-13H,5-6,9-10H2,1-2H3,(H,18,21)(H,19,20)/t11-,12-,13+/m1/s1. The lowest BCUT2D eigenvalue weighted by Gasteiger charge is -2.34. The average molecular weight is 317 g/mol. The Hall–Kier alpha value is -1.49. The maximum atomic E-state index is 12.2. The lowest BCUT2D eigenvalue weighted by molar-refractivity contribution is -0.120. The quantitative estimate of drug-likeness (QED) is 0.847. The van der Waals surface area contributed by atoms with Crippen LogP contribution in [-0.4, -0.2) is 27.7 Å². The molecule has 1 aliphatic rings. The van der Waals surface area contributed by atoms with Gasteiger partial charge >= 0.3 is 0 Å². The molecule has 1 aromatic heterocycles. The predicted molar refractivity (Wildman–Crippen MR) is 90.9 cm³/mol. The Labute approximate surface area is 135 Å². The summed E-state index contributed by atoms with van der Waals surface area (Å²) in [6, 6.07) is 8.24. The molecule has 3 rings (SSSR count). The Morgan fingerprint density at radius 1 is 1.36 bits per heavy atom. The first-order chi connectivity index (χ1) is 10.6. The van der Waals surface area contributed by atoms with Crippen LogP contribution in [0.15, 0.2) is 29.4 Å². The van der Waals surface area contributed by atoms with E-state index >= 15 is 0 Å². The van der Waals surface area contributed by atoms with Crippen LogP contribution in [0.1, 0.15) is 33.1 Å². The number of amides is 1. The number of hydrogen-bond donors (Lipinski definition) is 2. The van der Waals surface area contributed by atoms with Crippen molar-refractivity contribution >= 4 is 28.7 Å². The van der Waals surface area contributed by atoms with Gasteiger partial charge in [-0.25, -0.2) is 4.98 Å². The highest BCUT2D eigenvalue weighted by molar-refractivity contribution is 7.99. The summed E-state index contributed by atoms with van der Waals surface area (Å²) < 4.78 is 0. The number of thioether (sulfide) groups is 1. The SMILES string of the molecule is C[C@@H]1[C@H](C)CCC[C@@H]1NC(=O)CSc1nc2ccccc2[nH]1. The van der Waals surface area contributed by atoms with Crippen LogP contribution in [-0.2, 0) is 4.79 Å². The molecule has 1 saturated carbocycles. The molecule has 22 heavy (non-hydrogen) atoms. The second kappa shape index (κ2) is 6.73. The number of benzene rings is 1. The van der Waals surface area contributed by atoms with Gasteiger partial charge in [0, 0.05) is 6.04 Å². The highest BCUT2D eigenvalue weighted by atomic mass is 32.2. The third kappa shape index (κ3) is 3.46. The van der Waals surface area contributed by atoms with Gasteiger partial charge in [0.05, 0.1) is 16.8 Å². The van der Waals surface area contributed by atoms with E-state index in [0.29, 0.717) is 23.6 Å². The van der Waals surface area contributed by atoms with Gasteiger partial charge in [-0.15, -0.1) is 0 Å². The molecule has 2 aromatic rings. The van der Waals surface area contributed by atoms with Crippen LogP contribution in [0, 0.1) is 11.8 Å². The summed E-state index contributed by atoms with van der Waals surface area (Å²) in [6.07, 6.45) is 3.60. The maximum Gasteiger partial charge on any atom is 0.230 e. The largest absolute Gasteiger partial charge is 0.352 e. The normalized spacial score (nSPS) is 25.3. The zero-order chi connectivity index (χ0) is 15.5. The van der Waals surface area contributed by atoms with Gasteiger partial charge in [0.15, 0.2) is 5.16 Å².